The van der Waals surface area contributed by atoms with Crippen LogP contribution < -0.4 is 19.7 Å². The summed E-state index contributed by atoms with van der Waals surface area (Å²) in [6.45, 7) is -0.391. The highest BCUT2D eigenvalue weighted by atomic mass is 32.2. The number of hydrogen-bond acceptors (Lipinski definition) is 5. The molecule has 2 aromatic carbocycles. The SMILES string of the molecule is COc1ccc(OCC(=O)NNS(=O)(=O)c2ccc(F)cc2)cc1. The molecule has 0 radical (unpaired) electrons. The first-order valence-corrected chi connectivity index (χ1v) is 8.22. The highest BCUT2D eigenvalue weighted by Gasteiger charge is 2.15. The van der Waals surface area contributed by atoms with Crippen molar-refractivity contribution in [3.05, 3.63) is 54.3 Å². The summed E-state index contributed by atoms with van der Waals surface area (Å²) in [5.74, 6) is -0.200. The molecule has 0 bridgehead atoms. The molecule has 0 aliphatic carbocycles. The number of hydrogen-bond donors (Lipinski definition) is 2. The topological polar surface area (TPSA) is 93.7 Å². The number of ether oxygens (including phenoxy) is 2. The molecule has 7 nitrogen and oxygen atoms in total. The Morgan fingerprint density at radius 1 is 1.04 bits per heavy atom. The molecule has 128 valence electrons. The van der Waals surface area contributed by atoms with Crippen LogP contribution in [0.15, 0.2) is 53.4 Å². The van der Waals surface area contributed by atoms with Gasteiger partial charge in [0.15, 0.2) is 6.61 Å². The van der Waals surface area contributed by atoms with Crippen molar-refractivity contribution in [1.29, 1.82) is 0 Å². The number of halogens is 1. The minimum atomic E-state index is -3.98. The Hall–Kier alpha value is -2.65. The maximum atomic E-state index is 12.8. The summed E-state index contributed by atoms with van der Waals surface area (Å²) in [6, 6.07) is 10.7. The van der Waals surface area contributed by atoms with Crippen LogP contribution in [0.5, 0.6) is 11.5 Å². The van der Waals surface area contributed by atoms with Gasteiger partial charge in [-0.3, -0.25) is 10.2 Å². The van der Waals surface area contributed by atoms with Gasteiger partial charge in [0.05, 0.1) is 12.0 Å². The standard InChI is InChI=1S/C15H15FN2O5S/c1-22-12-4-6-13(7-5-12)23-10-15(19)17-18-24(20,21)14-8-2-11(16)3-9-14/h2-9,18H,10H2,1H3,(H,17,19). The van der Waals surface area contributed by atoms with Gasteiger partial charge in [-0.25, -0.2) is 12.8 Å². The van der Waals surface area contributed by atoms with Crippen LogP contribution in [0, 0.1) is 5.82 Å². The van der Waals surface area contributed by atoms with Crippen LogP contribution in [0.4, 0.5) is 4.39 Å². The van der Waals surface area contributed by atoms with E-state index < -0.39 is 28.4 Å². The van der Waals surface area contributed by atoms with E-state index in [1.165, 1.54) is 7.11 Å². The number of sulfonamides is 1. The molecule has 0 spiro atoms. The fourth-order valence-corrected chi connectivity index (χ4v) is 2.51. The molecule has 0 atom stereocenters. The van der Waals surface area contributed by atoms with Gasteiger partial charge in [0.2, 0.25) is 0 Å². The molecule has 24 heavy (non-hydrogen) atoms. The normalized spacial score (nSPS) is 10.9. The highest BCUT2D eigenvalue weighted by Crippen LogP contribution is 2.16. The lowest BCUT2D eigenvalue weighted by atomic mass is 10.3. The monoisotopic (exact) mass is 354 g/mol. The molecule has 2 N–H and O–H groups in total. The van der Waals surface area contributed by atoms with Crippen LogP contribution >= 0.6 is 0 Å². The minimum absolute atomic E-state index is 0.180. The average Bonchev–Trinajstić information content (AvgIpc) is 2.59. The van der Waals surface area contributed by atoms with Gasteiger partial charge in [0.1, 0.15) is 17.3 Å². The number of carbonyl (C=O) groups excluding carboxylic acids is 1. The summed E-state index contributed by atoms with van der Waals surface area (Å²) in [4.78, 5) is 13.3. The largest absolute Gasteiger partial charge is 0.497 e. The molecule has 9 heteroatoms. The van der Waals surface area contributed by atoms with Gasteiger partial charge in [-0.15, -0.1) is 4.83 Å². The number of methoxy groups -OCH3 is 1. The second-order valence-corrected chi connectivity index (χ2v) is 6.25. The average molecular weight is 354 g/mol. The molecule has 0 aromatic heterocycles. The van der Waals surface area contributed by atoms with E-state index in [0.717, 1.165) is 24.3 Å². The van der Waals surface area contributed by atoms with E-state index in [1.54, 1.807) is 24.3 Å². The Kier molecular flexibility index (Phi) is 5.72. The molecule has 0 heterocycles. The zero-order valence-electron chi connectivity index (χ0n) is 12.7. The Labute approximate surface area is 138 Å². The van der Waals surface area contributed by atoms with Crippen LogP contribution in [0.3, 0.4) is 0 Å². The van der Waals surface area contributed by atoms with E-state index in [4.69, 9.17) is 9.47 Å². The smallest absolute Gasteiger partial charge is 0.272 e. The second kappa shape index (κ2) is 7.75. The summed E-state index contributed by atoms with van der Waals surface area (Å²) >= 11 is 0. The van der Waals surface area contributed by atoms with Crippen molar-refractivity contribution in [2.24, 2.45) is 0 Å². The third kappa shape index (κ3) is 4.93. The first-order valence-electron chi connectivity index (χ1n) is 6.74. The van der Waals surface area contributed by atoms with Crippen molar-refractivity contribution in [1.82, 2.24) is 10.3 Å². The fraction of sp³-hybridized carbons (Fsp3) is 0.133. The number of amides is 1. The van der Waals surface area contributed by atoms with E-state index in [9.17, 15) is 17.6 Å². The quantitative estimate of drug-likeness (QED) is 0.729. The number of nitrogens with one attached hydrogen (secondary N) is 2. The van der Waals surface area contributed by atoms with Crippen molar-refractivity contribution in [2.75, 3.05) is 13.7 Å². The number of rotatable bonds is 7. The summed E-state index contributed by atoms with van der Waals surface area (Å²) in [5, 5.41) is 0. The first kappa shape index (κ1) is 17.7. The molecular weight excluding hydrogens is 339 g/mol. The van der Waals surface area contributed by atoms with Crippen molar-refractivity contribution in [3.8, 4) is 11.5 Å². The summed E-state index contributed by atoms with van der Waals surface area (Å²) in [6.07, 6.45) is 0. The maximum absolute atomic E-state index is 12.8. The van der Waals surface area contributed by atoms with E-state index >= 15 is 0 Å². The lowest BCUT2D eigenvalue weighted by Gasteiger charge is -2.10. The molecular formula is C15H15FN2O5S. The first-order chi connectivity index (χ1) is 11.4. The van der Waals surface area contributed by atoms with Crippen LogP contribution in [-0.4, -0.2) is 28.0 Å². The van der Waals surface area contributed by atoms with E-state index in [1.807, 2.05) is 10.3 Å². The highest BCUT2D eigenvalue weighted by molar-refractivity contribution is 7.89. The molecule has 0 saturated carbocycles. The molecule has 0 saturated heterocycles. The summed E-state index contributed by atoms with van der Waals surface area (Å²) in [5.41, 5.74) is 2.01. The summed E-state index contributed by atoms with van der Waals surface area (Å²) in [7, 11) is -2.46. The zero-order valence-corrected chi connectivity index (χ0v) is 13.5. The van der Waals surface area contributed by atoms with E-state index in [-0.39, 0.29) is 4.90 Å². The van der Waals surface area contributed by atoms with Gasteiger partial charge >= 0.3 is 0 Å². The van der Waals surface area contributed by atoms with Gasteiger partial charge in [0.25, 0.3) is 15.9 Å². The zero-order chi connectivity index (χ0) is 17.6. The predicted molar refractivity (Wildman–Crippen MR) is 83.4 cm³/mol. The summed E-state index contributed by atoms with van der Waals surface area (Å²) < 4.78 is 46.8. The van der Waals surface area contributed by atoms with Gasteiger partial charge in [0, 0.05) is 0 Å². The van der Waals surface area contributed by atoms with Crippen molar-refractivity contribution < 1.29 is 27.1 Å². The fourth-order valence-electron chi connectivity index (χ4n) is 1.65. The lowest BCUT2D eigenvalue weighted by molar-refractivity contribution is -0.123. The van der Waals surface area contributed by atoms with E-state index in [0.29, 0.717) is 11.5 Å². The number of carbonyl (C=O) groups is 1. The van der Waals surface area contributed by atoms with Gasteiger partial charge in [-0.2, -0.15) is 0 Å². The molecule has 0 aliphatic heterocycles. The third-order valence-electron chi connectivity index (χ3n) is 2.88. The third-order valence-corrected chi connectivity index (χ3v) is 4.14. The van der Waals surface area contributed by atoms with Crippen LogP contribution in [-0.2, 0) is 14.8 Å². The second-order valence-electron chi connectivity index (χ2n) is 4.57. The number of benzene rings is 2. The van der Waals surface area contributed by atoms with Crippen LogP contribution in [0.1, 0.15) is 0 Å². The molecule has 2 aromatic rings. The van der Waals surface area contributed by atoms with E-state index in [2.05, 4.69) is 0 Å². The predicted octanol–water partition coefficient (Wildman–Crippen LogP) is 1.22. The van der Waals surface area contributed by atoms with Crippen LogP contribution in [0.25, 0.3) is 0 Å². The van der Waals surface area contributed by atoms with Crippen LogP contribution in [0.2, 0.25) is 0 Å². The van der Waals surface area contributed by atoms with Gasteiger partial charge in [-0.1, -0.05) is 0 Å². The van der Waals surface area contributed by atoms with Crippen molar-refractivity contribution >= 4 is 15.9 Å². The lowest BCUT2D eigenvalue weighted by Crippen LogP contribution is -2.43. The Bertz CT molecular complexity index is 792. The Morgan fingerprint density at radius 3 is 2.21 bits per heavy atom. The molecule has 0 fully saturated rings. The van der Waals surface area contributed by atoms with Gasteiger partial charge in [-0.05, 0) is 48.5 Å². The Balaban J connectivity index is 1.84. The molecule has 2 rings (SSSR count). The van der Waals surface area contributed by atoms with Crippen molar-refractivity contribution in [3.63, 3.8) is 0 Å². The van der Waals surface area contributed by atoms with Gasteiger partial charge < -0.3 is 9.47 Å². The Morgan fingerprint density at radius 2 is 1.62 bits per heavy atom. The minimum Gasteiger partial charge on any atom is -0.497 e. The number of hydrazine groups is 1. The molecule has 0 aliphatic rings. The molecule has 0 unspecified atom stereocenters. The molecule has 1 amide bonds. The maximum Gasteiger partial charge on any atom is 0.272 e. The van der Waals surface area contributed by atoms with Crippen molar-refractivity contribution in [2.45, 2.75) is 4.90 Å².